The molecule has 0 radical (unpaired) electrons. The van der Waals surface area contributed by atoms with Gasteiger partial charge in [-0.1, -0.05) is 13.8 Å². The van der Waals surface area contributed by atoms with Crippen LogP contribution < -0.4 is 10.6 Å². The lowest BCUT2D eigenvalue weighted by Crippen LogP contribution is -2.25. The molecule has 1 aromatic rings. The number of rotatable bonds is 8. The Bertz CT molecular complexity index is 309. The predicted molar refractivity (Wildman–Crippen MR) is 75.6 cm³/mol. The van der Waals surface area contributed by atoms with Crippen LogP contribution >= 0.6 is 11.3 Å². The third-order valence-corrected chi connectivity index (χ3v) is 3.71. The van der Waals surface area contributed by atoms with Crippen molar-refractivity contribution < 1.29 is 0 Å². The summed E-state index contributed by atoms with van der Waals surface area (Å²) < 4.78 is 0. The van der Waals surface area contributed by atoms with Gasteiger partial charge >= 0.3 is 0 Å². The average molecular weight is 255 g/mol. The first-order valence-electron chi connectivity index (χ1n) is 6.48. The lowest BCUT2D eigenvalue weighted by Gasteiger charge is -2.11. The number of thiazole rings is 1. The van der Waals surface area contributed by atoms with Crippen LogP contribution in [0.3, 0.4) is 0 Å². The van der Waals surface area contributed by atoms with Crippen LogP contribution in [0.4, 0.5) is 0 Å². The summed E-state index contributed by atoms with van der Waals surface area (Å²) in [6.07, 6.45) is 4.40. The minimum atomic E-state index is 0.381. The SMILES string of the molecule is Cc1cnc(C(C)NCCCCNC(C)C)s1. The second kappa shape index (κ2) is 7.80. The van der Waals surface area contributed by atoms with Gasteiger partial charge in [0.05, 0.1) is 6.04 Å². The number of unbranched alkanes of at least 4 members (excludes halogenated alkanes) is 1. The van der Waals surface area contributed by atoms with Crippen molar-refractivity contribution in [1.82, 2.24) is 15.6 Å². The van der Waals surface area contributed by atoms with Crippen LogP contribution in [0.5, 0.6) is 0 Å². The van der Waals surface area contributed by atoms with Crippen molar-refractivity contribution in [3.63, 3.8) is 0 Å². The number of nitrogens with one attached hydrogen (secondary N) is 2. The van der Waals surface area contributed by atoms with E-state index in [-0.39, 0.29) is 0 Å². The van der Waals surface area contributed by atoms with Gasteiger partial charge in [-0.25, -0.2) is 4.98 Å². The van der Waals surface area contributed by atoms with Crippen molar-refractivity contribution in [3.05, 3.63) is 16.1 Å². The fourth-order valence-corrected chi connectivity index (χ4v) is 2.42. The Hall–Kier alpha value is -0.450. The molecule has 0 bridgehead atoms. The molecule has 0 amide bonds. The molecule has 1 unspecified atom stereocenters. The standard InChI is InChI=1S/C13H25N3S/c1-10(2)14-7-5-6-8-15-12(4)13-16-9-11(3)17-13/h9-10,12,14-15H,5-8H2,1-4H3. The molecular formula is C13H25N3S. The normalized spacial score (nSPS) is 13.2. The summed E-state index contributed by atoms with van der Waals surface area (Å²) in [7, 11) is 0. The largest absolute Gasteiger partial charge is 0.315 e. The van der Waals surface area contributed by atoms with Gasteiger partial charge in [0, 0.05) is 17.1 Å². The number of hydrogen-bond donors (Lipinski definition) is 2. The molecule has 1 aromatic heterocycles. The second-order valence-corrected chi connectivity index (χ2v) is 6.07. The second-order valence-electron chi connectivity index (χ2n) is 4.80. The number of nitrogens with zero attached hydrogens (tertiary/aromatic N) is 1. The van der Waals surface area contributed by atoms with Gasteiger partial charge < -0.3 is 10.6 Å². The molecule has 0 saturated carbocycles. The minimum absolute atomic E-state index is 0.381. The smallest absolute Gasteiger partial charge is 0.109 e. The van der Waals surface area contributed by atoms with Crippen molar-refractivity contribution >= 4 is 11.3 Å². The lowest BCUT2D eigenvalue weighted by atomic mass is 10.2. The van der Waals surface area contributed by atoms with Crippen molar-refractivity contribution in [3.8, 4) is 0 Å². The molecular weight excluding hydrogens is 230 g/mol. The maximum absolute atomic E-state index is 4.40. The van der Waals surface area contributed by atoms with Crippen LogP contribution in [0.2, 0.25) is 0 Å². The summed E-state index contributed by atoms with van der Waals surface area (Å²) in [6.45, 7) is 10.8. The first kappa shape index (κ1) is 14.6. The fraction of sp³-hybridized carbons (Fsp3) is 0.769. The molecule has 1 rings (SSSR count). The molecule has 1 heterocycles. The quantitative estimate of drug-likeness (QED) is 0.701. The van der Waals surface area contributed by atoms with Crippen LogP contribution in [0, 0.1) is 6.92 Å². The zero-order chi connectivity index (χ0) is 12.7. The van der Waals surface area contributed by atoms with E-state index in [1.54, 1.807) is 11.3 Å². The molecule has 0 spiro atoms. The zero-order valence-electron chi connectivity index (χ0n) is 11.4. The van der Waals surface area contributed by atoms with Crippen LogP contribution in [0.15, 0.2) is 6.20 Å². The van der Waals surface area contributed by atoms with E-state index in [0.29, 0.717) is 12.1 Å². The van der Waals surface area contributed by atoms with E-state index >= 15 is 0 Å². The van der Waals surface area contributed by atoms with E-state index in [9.17, 15) is 0 Å². The van der Waals surface area contributed by atoms with Crippen LogP contribution in [-0.4, -0.2) is 24.1 Å². The monoisotopic (exact) mass is 255 g/mol. The van der Waals surface area contributed by atoms with E-state index in [0.717, 1.165) is 13.1 Å². The van der Waals surface area contributed by atoms with E-state index in [1.807, 2.05) is 6.20 Å². The average Bonchev–Trinajstić information content (AvgIpc) is 2.69. The Labute approximate surface area is 109 Å². The highest BCUT2D eigenvalue weighted by molar-refractivity contribution is 7.11. The van der Waals surface area contributed by atoms with E-state index in [2.05, 4.69) is 43.3 Å². The van der Waals surface area contributed by atoms with Crippen LogP contribution in [0.25, 0.3) is 0 Å². The van der Waals surface area contributed by atoms with Gasteiger partial charge in [-0.15, -0.1) is 11.3 Å². The zero-order valence-corrected chi connectivity index (χ0v) is 12.2. The first-order chi connectivity index (χ1) is 8.09. The predicted octanol–water partition coefficient (Wildman–Crippen LogP) is 2.88. The molecule has 0 aliphatic carbocycles. The molecule has 1 atom stereocenters. The van der Waals surface area contributed by atoms with Gasteiger partial charge in [-0.05, 0) is 39.8 Å². The molecule has 0 saturated heterocycles. The highest BCUT2D eigenvalue weighted by Gasteiger charge is 2.07. The summed E-state index contributed by atoms with van der Waals surface area (Å²) >= 11 is 1.78. The topological polar surface area (TPSA) is 37.0 Å². The van der Waals surface area contributed by atoms with Gasteiger partial charge in [0.2, 0.25) is 0 Å². The Kier molecular flexibility index (Phi) is 6.70. The van der Waals surface area contributed by atoms with Crippen LogP contribution in [0.1, 0.15) is 49.5 Å². The van der Waals surface area contributed by atoms with E-state index in [4.69, 9.17) is 0 Å². The Morgan fingerprint density at radius 1 is 1.18 bits per heavy atom. The first-order valence-corrected chi connectivity index (χ1v) is 7.30. The summed E-state index contributed by atoms with van der Waals surface area (Å²) in [6, 6.07) is 0.979. The summed E-state index contributed by atoms with van der Waals surface area (Å²) in [5.41, 5.74) is 0. The van der Waals surface area contributed by atoms with Crippen molar-refractivity contribution in [1.29, 1.82) is 0 Å². The number of hydrogen-bond acceptors (Lipinski definition) is 4. The van der Waals surface area contributed by atoms with Crippen molar-refractivity contribution in [2.75, 3.05) is 13.1 Å². The third kappa shape index (κ3) is 6.15. The van der Waals surface area contributed by atoms with Gasteiger partial charge in [-0.2, -0.15) is 0 Å². The highest BCUT2D eigenvalue weighted by Crippen LogP contribution is 2.18. The Balaban J connectivity index is 2.06. The summed E-state index contributed by atoms with van der Waals surface area (Å²) in [5, 5.41) is 8.15. The van der Waals surface area contributed by atoms with Gasteiger partial charge in [0.15, 0.2) is 0 Å². The van der Waals surface area contributed by atoms with Gasteiger partial charge in [-0.3, -0.25) is 0 Å². The molecule has 17 heavy (non-hydrogen) atoms. The Morgan fingerprint density at radius 2 is 1.82 bits per heavy atom. The minimum Gasteiger partial charge on any atom is -0.315 e. The fourth-order valence-electron chi connectivity index (χ4n) is 1.62. The van der Waals surface area contributed by atoms with E-state index in [1.165, 1.54) is 22.7 Å². The third-order valence-electron chi connectivity index (χ3n) is 2.62. The summed E-state index contributed by atoms with van der Waals surface area (Å²) in [4.78, 5) is 5.68. The van der Waals surface area contributed by atoms with Crippen molar-refractivity contribution in [2.24, 2.45) is 0 Å². The highest BCUT2D eigenvalue weighted by atomic mass is 32.1. The number of aromatic nitrogens is 1. The lowest BCUT2D eigenvalue weighted by molar-refractivity contribution is 0.514. The maximum Gasteiger partial charge on any atom is 0.109 e. The van der Waals surface area contributed by atoms with E-state index < -0.39 is 0 Å². The molecule has 0 aromatic carbocycles. The molecule has 0 aliphatic heterocycles. The maximum atomic E-state index is 4.40. The molecule has 2 N–H and O–H groups in total. The van der Waals surface area contributed by atoms with Gasteiger partial charge in [0.25, 0.3) is 0 Å². The molecule has 4 heteroatoms. The van der Waals surface area contributed by atoms with Gasteiger partial charge in [0.1, 0.15) is 5.01 Å². The molecule has 3 nitrogen and oxygen atoms in total. The Morgan fingerprint density at radius 3 is 2.35 bits per heavy atom. The number of aryl methyl sites for hydroxylation is 1. The van der Waals surface area contributed by atoms with Crippen molar-refractivity contribution in [2.45, 2.75) is 52.6 Å². The molecule has 0 fully saturated rings. The van der Waals surface area contributed by atoms with Crippen LogP contribution in [-0.2, 0) is 0 Å². The summed E-state index contributed by atoms with van der Waals surface area (Å²) in [5.74, 6) is 0. The molecule has 0 aliphatic rings. The molecule has 98 valence electrons.